The van der Waals surface area contributed by atoms with Crippen molar-refractivity contribution in [1.82, 2.24) is 20.1 Å². The lowest BCUT2D eigenvalue weighted by Gasteiger charge is -2.04. The van der Waals surface area contributed by atoms with Crippen LogP contribution >= 0.6 is 0 Å². The van der Waals surface area contributed by atoms with Crippen molar-refractivity contribution in [2.45, 2.75) is 25.4 Å². The number of hydrogen-bond acceptors (Lipinski definition) is 5. The predicted molar refractivity (Wildman–Crippen MR) is 87.0 cm³/mol. The first-order valence-electron chi connectivity index (χ1n) is 7.70. The summed E-state index contributed by atoms with van der Waals surface area (Å²) in [5, 5.41) is 10.7. The van der Waals surface area contributed by atoms with Crippen LogP contribution in [-0.2, 0) is 16.1 Å². The largest absolute Gasteiger partial charge is 0.465 e. The van der Waals surface area contributed by atoms with Crippen LogP contribution in [0.3, 0.4) is 0 Å². The Kier molecular flexibility index (Phi) is 4.69. The van der Waals surface area contributed by atoms with E-state index in [1.54, 1.807) is 36.7 Å². The molecular weight excluding hydrogens is 308 g/mol. The van der Waals surface area contributed by atoms with Crippen molar-refractivity contribution >= 4 is 18.0 Å². The van der Waals surface area contributed by atoms with Gasteiger partial charge in [0.05, 0.1) is 19.2 Å². The van der Waals surface area contributed by atoms with Crippen LogP contribution in [0.5, 0.6) is 0 Å². The van der Waals surface area contributed by atoms with E-state index in [0.717, 1.165) is 24.2 Å². The van der Waals surface area contributed by atoms with E-state index >= 15 is 0 Å². The molecule has 1 aliphatic carbocycles. The Morgan fingerprint density at radius 2 is 2.08 bits per heavy atom. The third-order valence-electron chi connectivity index (χ3n) is 3.77. The van der Waals surface area contributed by atoms with Crippen molar-refractivity contribution in [2.75, 3.05) is 7.11 Å². The van der Waals surface area contributed by atoms with E-state index in [-0.39, 0.29) is 11.9 Å². The molecule has 2 aromatic rings. The smallest absolute Gasteiger partial charge is 0.337 e. The zero-order valence-corrected chi connectivity index (χ0v) is 13.3. The summed E-state index contributed by atoms with van der Waals surface area (Å²) in [7, 11) is 1.34. The first-order valence-corrected chi connectivity index (χ1v) is 7.70. The number of ether oxygens (including phenoxy) is 1. The Hall–Kier alpha value is -2.96. The fraction of sp³-hybridized carbons (Fsp3) is 0.294. The first-order chi connectivity index (χ1) is 11.7. The van der Waals surface area contributed by atoms with E-state index in [2.05, 4.69) is 20.3 Å². The maximum absolute atomic E-state index is 11.9. The van der Waals surface area contributed by atoms with E-state index in [9.17, 15) is 9.59 Å². The molecule has 0 saturated heterocycles. The summed E-state index contributed by atoms with van der Waals surface area (Å²) >= 11 is 0. The fourth-order valence-corrected chi connectivity index (χ4v) is 2.30. The number of methoxy groups -OCH3 is 1. The molecule has 124 valence electrons. The minimum absolute atomic E-state index is 0.211. The van der Waals surface area contributed by atoms with Crippen LogP contribution in [0, 0.1) is 0 Å². The molecule has 0 atom stereocenters. The summed E-state index contributed by atoms with van der Waals surface area (Å²) in [6.07, 6.45) is 7.12. The van der Waals surface area contributed by atoms with E-state index in [4.69, 9.17) is 0 Å². The summed E-state index contributed by atoms with van der Waals surface area (Å²) in [5.74, 6) is 0.169. The highest BCUT2D eigenvalue weighted by molar-refractivity contribution is 5.92. The molecular formula is C17H18N4O3. The van der Waals surface area contributed by atoms with Gasteiger partial charge in [-0.05, 0) is 36.6 Å². The second-order valence-electron chi connectivity index (χ2n) is 5.55. The van der Waals surface area contributed by atoms with Gasteiger partial charge < -0.3 is 14.6 Å². The van der Waals surface area contributed by atoms with Crippen LogP contribution in [0.15, 0.2) is 36.7 Å². The zero-order chi connectivity index (χ0) is 16.9. The van der Waals surface area contributed by atoms with Crippen molar-refractivity contribution < 1.29 is 14.3 Å². The molecule has 0 bridgehead atoms. The van der Waals surface area contributed by atoms with Gasteiger partial charge in [0.15, 0.2) is 5.82 Å². The van der Waals surface area contributed by atoms with Gasteiger partial charge in [-0.3, -0.25) is 4.79 Å². The zero-order valence-electron chi connectivity index (χ0n) is 13.3. The lowest BCUT2D eigenvalue weighted by atomic mass is 10.1. The van der Waals surface area contributed by atoms with Crippen LogP contribution in [0.25, 0.3) is 6.08 Å². The van der Waals surface area contributed by atoms with E-state index in [0.29, 0.717) is 18.2 Å². The number of carbonyl (C=O) groups excluding carboxylic acids is 2. The Morgan fingerprint density at radius 1 is 1.33 bits per heavy atom. The van der Waals surface area contributed by atoms with Crippen molar-refractivity contribution in [3.05, 3.63) is 53.6 Å². The molecule has 3 rings (SSSR count). The molecule has 1 saturated carbocycles. The van der Waals surface area contributed by atoms with Gasteiger partial charge in [-0.1, -0.05) is 12.1 Å². The highest BCUT2D eigenvalue weighted by Crippen LogP contribution is 2.35. The quantitative estimate of drug-likeness (QED) is 0.645. The number of rotatable bonds is 6. The van der Waals surface area contributed by atoms with E-state index in [1.165, 1.54) is 13.2 Å². The van der Waals surface area contributed by atoms with Gasteiger partial charge in [0, 0.05) is 12.1 Å². The average molecular weight is 326 g/mol. The molecule has 7 heteroatoms. The standard InChI is InChI=1S/C17H18N4O3/c1-24-17(23)13-5-2-12(3-6-13)4-9-16(22)18-10-15-20-19-11-21(15)14-7-8-14/h2-6,9,11,14H,7-8,10H2,1H3,(H,18,22)/b9-4+. The van der Waals surface area contributed by atoms with Gasteiger partial charge in [-0.2, -0.15) is 0 Å². The topological polar surface area (TPSA) is 86.1 Å². The predicted octanol–water partition coefficient (Wildman–Crippen LogP) is 1.73. The Morgan fingerprint density at radius 3 is 2.75 bits per heavy atom. The van der Waals surface area contributed by atoms with E-state index < -0.39 is 0 Å². The highest BCUT2D eigenvalue weighted by atomic mass is 16.5. The third-order valence-corrected chi connectivity index (χ3v) is 3.77. The van der Waals surface area contributed by atoms with Crippen molar-refractivity contribution in [2.24, 2.45) is 0 Å². The summed E-state index contributed by atoms with van der Waals surface area (Å²) in [6.45, 7) is 0.348. The molecule has 0 unspecified atom stereocenters. The second kappa shape index (κ2) is 7.08. The van der Waals surface area contributed by atoms with Crippen LogP contribution in [0.4, 0.5) is 0 Å². The molecule has 1 aromatic carbocycles. The van der Waals surface area contributed by atoms with Crippen LogP contribution < -0.4 is 5.32 Å². The molecule has 24 heavy (non-hydrogen) atoms. The normalized spacial score (nSPS) is 13.9. The van der Waals surface area contributed by atoms with Gasteiger partial charge in [-0.15, -0.1) is 10.2 Å². The van der Waals surface area contributed by atoms with Gasteiger partial charge >= 0.3 is 5.97 Å². The molecule has 0 spiro atoms. The second-order valence-corrected chi connectivity index (χ2v) is 5.55. The molecule has 1 aliphatic rings. The summed E-state index contributed by atoms with van der Waals surface area (Å²) in [5.41, 5.74) is 1.29. The first kappa shape index (κ1) is 15.9. The SMILES string of the molecule is COC(=O)c1ccc(/C=C/C(=O)NCc2nncn2C2CC2)cc1. The van der Waals surface area contributed by atoms with Crippen molar-refractivity contribution in [3.8, 4) is 0 Å². The molecule has 1 amide bonds. The molecule has 1 N–H and O–H groups in total. The minimum atomic E-state index is -0.386. The van der Waals surface area contributed by atoms with Crippen LogP contribution in [0.2, 0.25) is 0 Å². The van der Waals surface area contributed by atoms with Crippen molar-refractivity contribution in [1.29, 1.82) is 0 Å². The van der Waals surface area contributed by atoms with Gasteiger partial charge in [0.2, 0.25) is 5.91 Å². The molecule has 1 heterocycles. The maximum Gasteiger partial charge on any atom is 0.337 e. The van der Waals surface area contributed by atoms with Gasteiger partial charge in [0.1, 0.15) is 6.33 Å². The lowest BCUT2D eigenvalue weighted by molar-refractivity contribution is -0.116. The highest BCUT2D eigenvalue weighted by Gasteiger charge is 2.25. The van der Waals surface area contributed by atoms with E-state index in [1.807, 2.05) is 4.57 Å². The molecule has 1 aromatic heterocycles. The summed E-state index contributed by atoms with van der Waals surface area (Å²) < 4.78 is 6.65. The molecule has 1 fully saturated rings. The number of hydrogen-bond donors (Lipinski definition) is 1. The number of aromatic nitrogens is 3. The van der Waals surface area contributed by atoms with Crippen LogP contribution in [0.1, 0.15) is 40.6 Å². The van der Waals surface area contributed by atoms with Crippen molar-refractivity contribution in [3.63, 3.8) is 0 Å². The third kappa shape index (κ3) is 3.87. The lowest BCUT2D eigenvalue weighted by Crippen LogP contribution is -2.22. The van der Waals surface area contributed by atoms with Crippen LogP contribution in [-0.4, -0.2) is 33.8 Å². The maximum atomic E-state index is 11.9. The Balaban J connectivity index is 1.53. The number of benzene rings is 1. The number of esters is 1. The minimum Gasteiger partial charge on any atom is -0.465 e. The monoisotopic (exact) mass is 326 g/mol. The molecule has 0 aliphatic heterocycles. The molecule has 0 radical (unpaired) electrons. The average Bonchev–Trinajstić information content (AvgIpc) is 3.36. The number of carbonyl (C=O) groups is 2. The summed E-state index contributed by atoms with van der Waals surface area (Å²) in [4.78, 5) is 23.3. The number of nitrogens with one attached hydrogen (secondary N) is 1. The Labute approximate surface area is 139 Å². The van der Waals surface area contributed by atoms with Gasteiger partial charge in [-0.25, -0.2) is 4.79 Å². The number of amides is 1. The number of nitrogens with zero attached hydrogens (tertiary/aromatic N) is 3. The van der Waals surface area contributed by atoms with Gasteiger partial charge in [0.25, 0.3) is 0 Å². The summed E-state index contributed by atoms with van der Waals surface area (Å²) in [6, 6.07) is 7.29. The molecule has 7 nitrogen and oxygen atoms in total. The fourth-order valence-electron chi connectivity index (χ4n) is 2.30. The Bertz CT molecular complexity index is 760.